The molecule has 18 heavy (non-hydrogen) atoms. The second-order valence-corrected chi connectivity index (χ2v) is 5.42. The maximum absolute atomic E-state index is 5.78. The van der Waals surface area contributed by atoms with Gasteiger partial charge in [0.1, 0.15) is 0 Å². The predicted octanol–water partition coefficient (Wildman–Crippen LogP) is 1.85. The Labute approximate surface area is 110 Å². The van der Waals surface area contributed by atoms with E-state index in [1.54, 1.807) is 0 Å². The zero-order chi connectivity index (χ0) is 13.1. The van der Waals surface area contributed by atoms with Crippen LogP contribution in [0.5, 0.6) is 0 Å². The summed E-state index contributed by atoms with van der Waals surface area (Å²) >= 11 is 0. The molecular formula is C15H24N2O. The average molecular weight is 248 g/mol. The molecule has 2 atom stereocenters. The van der Waals surface area contributed by atoms with Crippen molar-refractivity contribution in [2.24, 2.45) is 5.73 Å². The summed E-state index contributed by atoms with van der Waals surface area (Å²) in [6.45, 7) is 9.97. The summed E-state index contributed by atoms with van der Waals surface area (Å²) in [7, 11) is 0. The molecule has 1 saturated heterocycles. The van der Waals surface area contributed by atoms with Gasteiger partial charge in [-0.1, -0.05) is 18.2 Å². The summed E-state index contributed by atoms with van der Waals surface area (Å²) in [4.78, 5) is 2.44. The van der Waals surface area contributed by atoms with Crippen LogP contribution in [0.2, 0.25) is 0 Å². The van der Waals surface area contributed by atoms with E-state index < -0.39 is 0 Å². The van der Waals surface area contributed by atoms with Crippen LogP contribution in [0.15, 0.2) is 18.2 Å². The summed E-state index contributed by atoms with van der Waals surface area (Å²) < 4.78 is 5.78. The topological polar surface area (TPSA) is 38.5 Å². The Hall–Kier alpha value is -0.900. The molecule has 1 aromatic carbocycles. The Morgan fingerprint density at radius 2 is 2.06 bits per heavy atom. The largest absolute Gasteiger partial charge is 0.371 e. The molecular weight excluding hydrogens is 224 g/mol. The molecule has 0 saturated carbocycles. The third kappa shape index (κ3) is 3.31. The normalized spacial score (nSPS) is 25.3. The van der Waals surface area contributed by atoms with E-state index in [4.69, 9.17) is 10.5 Å². The van der Waals surface area contributed by atoms with Crippen LogP contribution in [0, 0.1) is 13.8 Å². The van der Waals surface area contributed by atoms with E-state index in [9.17, 15) is 0 Å². The molecule has 1 aliphatic heterocycles. The van der Waals surface area contributed by atoms with Gasteiger partial charge in [-0.05, 0) is 37.5 Å². The quantitative estimate of drug-likeness (QED) is 0.887. The zero-order valence-electron chi connectivity index (χ0n) is 11.6. The Morgan fingerprint density at radius 1 is 1.28 bits per heavy atom. The fourth-order valence-corrected chi connectivity index (χ4v) is 2.56. The summed E-state index contributed by atoms with van der Waals surface area (Å²) in [5.74, 6) is 0. The van der Waals surface area contributed by atoms with Gasteiger partial charge < -0.3 is 10.5 Å². The van der Waals surface area contributed by atoms with Crippen molar-refractivity contribution in [3.63, 3.8) is 0 Å². The minimum absolute atomic E-state index is 0.181. The molecule has 0 aliphatic carbocycles. The van der Waals surface area contributed by atoms with Crippen molar-refractivity contribution in [3.8, 4) is 0 Å². The van der Waals surface area contributed by atoms with Crippen molar-refractivity contribution in [3.05, 3.63) is 34.9 Å². The van der Waals surface area contributed by atoms with E-state index in [0.717, 1.165) is 19.6 Å². The van der Waals surface area contributed by atoms with E-state index in [1.165, 1.54) is 16.7 Å². The number of nitrogens with two attached hydrogens (primary N) is 1. The van der Waals surface area contributed by atoms with E-state index in [2.05, 4.69) is 43.9 Å². The van der Waals surface area contributed by atoms with Crippen molar-refractivity contribution < 1.29 is 4.74 Å². The van der Waals surface area contributed by atoms with Crippen LogP contribution in [0.4, 0.5) is 0 Å². The average Bonchev–Trinajstić information content (AvgIpc) is 2.33. The molecule has 1 aromatic rings. The Morgan fingerprint density at radius 3 is 2.72 bits per heavy atom. The van der Waals surface area contributed by atoms with E-state index in [-0.39, 0.29) is 12.2 Å². The molecule has 3 heteroatoms. The maximum atomic E-state index is 5.78. The summed E-state index contributed by atoms with van der Waals surface area (Å²) in [6.07, 6.45) is 0.458. The Kier molecular flexibility index (Phi) is 4.38. The molecule has 2 rings (SSSR count). The number of hydrogen-bond donors (Lipinski definition) is 1. The van der Waals surface area contributed by atoms with Crippen LogP contribution in [0.1, 0.15) is 23.6 Å². The van der Waals surface area contributed by atoms with E-state index in [1.807, 2.05) is 0 Å². The molecule has 0 amide bonds. The van der Waals surface area contributed by atoms with Gasteiger partial charge in [-0.25, -0.2) is 0 Å². The third-order valence-corrected chi connectivity index (χ3v) is 3.64. The fraction of sp³-hybridized carbons (Fsp3) is 0.600. The van der Waals surface area contributed by atoms with Crippen LogP contribution in [0.25, 0.3) is 0 Å². The van der Waals surface area contributed by atoms with E-state index in [0.29, 0.717) is 6.54 Å². The van der Waals surface area contributed by atoms with Gasteiger partial charge in [0.15, 0.2) is 0 Å². The van der Waals surface area contributed by atoms with Gasteiger partial charge in [0.05, 0.1) is 12.2 Å². The molecule has 0 bridgehead atoms. The minimum Gasteiger partial charge on any atom is -0.371 e. The smallest absolute Gasteiger partial charge is 0.0828 e. The van der Waals surface area contributed by atoms with Crippen LogP contribution in [-0.4, -0.2) is 36.7 Å². The first-order valence-corrected chi connectivity index (χ1v) is 6.72. The van der Waals surface area contributed by atoms with Crippen molar-refractivity contribution in [2.75, 3.05) is 19.6 Å². The van der Waals surface area contributed by atoms with Gasteiger partial charge in [-0.2, -0.15) is 0 Å². The summed E-state index contributed by atoms with van der Waals surface area (Å²) in [5, 5.41) is 0. The van der Waals surface area contributed by atoms with Crippen LogP contribution in [0.3, 0.4) is 0 Å². The van der Waals surface area contributed by atoms with Gasteiger partial charge in [-0.15, -0.1) is 0 Å². The number of benzene rings is 1. The molecule has 1 heterocycles. The number of ether oxygens (including phenoxy) is 1. The molecule has 2 N–H and O–H groups in total. The molecule has 100 valence electrons. The summed E-state index contributed by atoms with van der Waals surface area (Å²) in [5.41, 5.74) is 9.81. The first kappa shape index (κ1) is 13.5. The third-order valence-electron chi connectivity index (χ3n) is 3.64. The van der Waals surface area contributed by atoms with Crippen molar-refractivity contribution >= 4 is 0 Å². The summed E-state index contributed by atoms with van der Waals surface area (Å²) in [6, 6.07) is 6.71. The second kappa shape index (κ2) is 5.83. The van der Waals surface area contributed by atoms with Gasteiger partial charge in [0.25, 0.3) is 0 Å². The van der Waals surface area contributed by atoms with Gasteiger partial charge in [0.2, 0.25) is 0 Å². The van der Waals surface area contributed by atoms with Crippen LogP contribution >= 0.6 is 0 Å². The highest BCUT2D eigenvalue weighted by Crippen LogP contribution is 2.16. The molecule has 0 radical (unpaired) electrons. The monoisotopic (exact) mass is 248 g/mol. The van der Waals surface area contributed by atoms with Crippen molar-refractivity contribution in [1.29, 1.82) is 0 Å². The highest BCUT2D eigenvalue weighted by Gasteiger charge is 2.24. The lowest BCUT2D eigenvalue weighted by Gasteiger charge is -2.36. The Bertz CT molecular complexity index is 405. The van der Waals surface area contributed by atoms with Crippen molar-refractivity contribution in [1.82, 2.24) is 4.90 Å². The van der Waals surface area contributed by atoms with Crippen LogP contribution in [-0.2, 0) is 11.3 Å². The SMILES string of the molecule is Cc1ccc(CN2CC(C)OC(CN)C2)cc1C. The lowest BCUT2D eigenvalue weighted by Crippen LogP contribution is -2.48. The molecule has 0 spiro atoms. The van der Waals surface area contributed by atoms with Crippen molar-refractivity contribution in [2.45, 2.75) is 39.5 Å². The fourth-order valence-electron chi connectivity index (χ4n) is 2.56. The first-order valence-electron chi connectivity index (χ1n) is 6.72. The van der Waals surface area contributed by atoms with Gasteiger partial charge >= 0.3 is 0 Å². The maximum Gasteiger partial charge on any atom is 0.0828 e. The lowest BCUT2D eigenvalue weighted by molar-refractivity contribution is -0.0745. The highest BCUT2D eigenvalue weighted by atomic mass is 16.5. The predicted molar refractivity (Wildman–Crippen MR) is 74.6 cm³/mol. The molecule has 1 aliphatic rings. The lowest BCUT2D eigenvalue weighted by atomic mass is 10.1. The molecule has 3 nitrogen and oxygen atoms in total. The molecule has 1 fully saturated rings. The number of nitrogens with zero attached hydrogens (tertiary/aromatic N) is 1. The number of morpholine rings is 1. The number of aryl methyl sites for hydroxylation is 2. The Balaban J connectivity index is 2.01. The minimum atomic E-state index is 0.181. The van der Waals surface area contributed by atoms with Gasteiger partial charge in [0, 0.05) is 26.2 Å². The molecule has 0 aromatic heterocycles. The molecule has 2 unspecified atom stereocenters. The second-order valence-electron chi connectivity index (χ2n) is 5.42. The standard InChI is InChI=1S/C15H24N2O/c1-11-4-5-14(6-12(11)2)9-17-8-13(3)18-15(7-16)10-17/h4-6,13,15H,7-10,16H2,1-3H3. The van der Waals surface area contributed by atoms with Crippen LogP contribution < -0.4 is 5.73 Å². The first-order chi connectivity index (χ1) is 8.58. The van der Waals surface area contributed by atoms with E-state index >= 15 is 0 Å². The van der Waals surface area contributed by atoms with Gasteiger partial charge in [-0.3, -0.25) is 4.90 Å². The highest BCUT2D eigenvalue weighted by molar-refractivity contribution is 5.29. The number of hydrogen-bond acceptors (Lipinski definition) is 3. The number of rotatable bonds is 3. The zero-order valence-corrected chi connectivity index (χ0v) is 11.6.